The van der Waals surface area contributed by atoms with E-state index in [4.69, 9.17) is 0 Å². The number of nitrogens with one attached hydrogen (secondary N) is 1. The minimum absolute atomic E-state index is 0.00353. The molecule has 0 aliphatic carbocycles. The van der Waals surface area contributed by atoms with Crippen LogP contribution < -0.4 is 10.9 Å². The molecule has 1 aromatic carbocycles. The summed E-state index contributed by atoms with van der Waals surface area (Å²) >= 11 is 0. The highest BCUT2D eigenvalue weighted by Crippen LogP contribution is 2.16. The molecular weight excluding hydrogens is 278 g/mol. The molecule has 116 valence electrons. The maximum Gasteiger partial charge on any atom is 0.261 e. The number of benzene rings is 1. The predicted octanol–water partition coefficient (Wildman–Crippen LogP) is 2.26. The van der Waals surface area contributed by atoms with E-state index in [9.17, 15) is 9.59 Å². The van der Waals surface area contributed by atoms with Crippen molar-refractivity contribution >= 4 is 16.8 Å². The van der Waals surface area contributed by atoms with Crippen LogP contribution in [0.3, 0.4) is 0 Å². The summed E-state index contributed by atoms with van der Waals surface area (Å²) in [5.74, 6) is 0.722. The van der Waals surface area contributed by atoms with Crippen LogP contribution in [0.15, 0.2) is 23.0 Å². The number of hydrogen-bond donors (Lipinski definition) is 1. The third-order valence-electron chi connectivity index (χ3n) is 4.18. The molecule has 1 aliphatic heterocycles. The molecule has 1 aromatic heterocycles. The quantitative estimate of drug-likeness (QED) is 0.942. The van der Waals surface area contributed by atoms with Crippen LogP contribution in [0.1, 0.15) is 49.3 Å². The van der Waals surface area contributed by atoms with Crippen molar-refractivity contribution in [3.8, 4) is 0 Å². The van der Waals surface area contributed by atoms with E-state index in [0.717, 1.165) is 38.1 Å². The number of nitrogens with zero attached hydrogens (tertiary/aromatic N) is 2. The van der Waals surface area contributed by atoms with Gasteiger partial charge in [-0.15, -0.1) is 0 Å². The second-order valence-electron chi connectivity index (χ2n) is 5.98. The standard InChI is InChI=1S/C17H21N3O2/c1-3-5-11(2)18-16(21)12-7-8-13-14(10-12)19-15-6-4-9-20(15)17(13)22/h7-8,10-11H,3-6,9H2,1-2H3,(H,18,21)/t11-/m1/s1. The van der Waals surface area contributed by atoms with E-state index in [1.54, 1.807) is 22.8 Å². The van der Waals surface area contributed by atoms with Gasteiger partial charge in [-0.1, -0.05) is 13.3 Å². The van der Waals surface area contributed by atoms with Gasteiger partial charge in [0.05, 0.1) is 10.9 Å². The third-order valence-corrected chi connectivity index (χ3v) is 4.18. The van der Waals surface area contributed by atoms with E-state index in [2.05, 4.69) is 17.2 Å². The highest BCUT2D eigenvalue weighted by Gasteiger charge is 2.17. The molecule has 2 heterocycles. The number of amides is 1. The van der Waals surface area contributed by atoms with Crippen LogP contribution in [-0.4, -0.2) is 21.5 Å². The van der Waals surface area contributed by atoms with Crippen molar-refractivity contribution < 1.29 is 4.79 Å². The average Bonchev–Trinajstić information content (AvgIpc) is 2.95. The molecule has 0 radical (unpaired) electrons. The monoisotopic (exact) mass is 299 g/mol. The molecule has 0 saturated carbocycles. The Balaban J connectivity index is 1.95. The summed E-state index contributed by atoms with van der Waals surface area (Å²) < 4.78 is 1.74. The van der Waals surface area contributed by atoms with Crippen molar-refractivity contribution in [2.75, 3.05) is 0 Å². The highest BCUT2D eigenvalue weighted by atomic mass is 16.1. The van der Waals surface area contributed by atoms with Gasteiger partial charge in [-0.3, -0.25) is 14.2 Å². The first-order chi connectivity index (χ1) is 10.6. The fourth-order valence-electron chi connectivity index (χ4n) is 3.04. The van der Waals surface area contributed by atoms with E-state index in [1.165, 1.54) is 0 Å². The first kappa shape index (κ1) is 14.8. The maximum atomic E-state index is 12.4. The van der Waals surface area contributed by atoms with Gasteiger partial charge in [0.25, 0.3) is 11.5 Å². The molecule has 0 spiro atoms. The summed E-state index contributed by atoms with van der Waals surface area (Å²) in [4.78, 5) is 29.2. The lowest BCUT2D eigenvalue weighted by Gasteiger charge is -2.13. The van der Waals surface area contributed by atoms with Crippen LogP contribution in [0.25, 0.3) is 10.9 Å². The molecular formula is C17H21N3O2. The summed E-state index contributed by atoms with van der Waals surface area (Å²) in [5, 5.41) is 3.57. The van der Waals surface area contributed by atoms with Gasteiger partial charge in [-0.25, -0.2) is 4.98 Å². The van der Waals surface area contributed by atoms with Crippen molar-refractivity contribution in [1.29, 1.82) is 0 Å². The van der Waals surface area contributed by atoms with Crippen molar-refractivity contribution in [3.05, 3.63) is 39.9 Å². The summed E-state index contributed by atoms with van der Waals surface area (Å²) in [5.41, 5.74) is 1.18. The molecule has 1 amide bonds. The maximum absolute atomic E-state index is 12.4. The van der Waals surface area contributed by atoms with Crippen LogP contribution in [-0.2, 0) is 13.0 Å². The molecule has 0 bridgehead atoms. The zero-order chi connectivity index (χ0) is 15.7. The molecule has 1 aliphatic rings. The summed E-state index contributed by atoms with van der Waals surface area (Å²) in [7, 11) is 0. The van der Waals surface area contributed by atoms with Crippen LogP contribution in [0.4, 0.5) is 0 Å². The number of carbonyl (C=O) groups excluding carboxylic acids is 1. The number of fused-ring (bicyclic) bond motifs is 2. The van der Waals surface area contributed by atoms with E-state index in [0.29, 0.717) is 16.5 Å². The van der Waals surface area contributed by atoms with Crippen LogP contribution >= 0.6 is 0 Å². The van der Waals surface area contributed by atoms with Gasteiger partial charge in [0.1, 0.15) is 5.82 Å². The van der Waals surface area contributed by atoms with Gasteiger partial charge in [0.15, 0.2) is 0 Å². The molecule has 2 aromatic rings. The Labute approximate surface area is 129 Å². The van der Waals surface area contributed by atoms with Crippen LogP contribution in [0.2, 0.25) is 0 Å². The van der Waals surface area contributed by atoms with Crippen molar-refractivity contribution in [3.63, 3.8) is 0 Å². The lowest BCUT2D eigenvalue weighted by atomic mass is 10.1. The molecule has 1 N–H and O–H groups in total. The topological polar surface area (TPSA) is 64.0 Å². The average molecular weight is 299 g/mol. The van der Waals surface area contributed by atoms with Crippen LogP contribution in [0, 0.1) is 0 Å². The van der Waals surface area contributed by atoms with Gasteiger partial charge >= 0.3 is 0 Å². The zero-order valence-corrected chi connectivity index (χ0v) is 13.1. The number of aryl methyl sites for hydroxylation is 1. The molecule has 3 rings (SSSR count). The van der Waals surface area contributed by atoms with E-state index in [1.807, 2.05) is 6.92 Å². The van der Waals surface area contributed by atoms with Gasteiger partial charge < -0.3 is 5.32 Å². The first-order valence-electron chi connectivity index (χ1n) is 7.94. The lowest BCUT2D eigenvalue weighted by Crippen LogP contribution is -2.32. The number of rotatable bonds is 4. The first-order valence-corrected chi connectivity index (χ1v) is 7.94. The summed E-state index contributed by atoms with van der Waals surface area (Å²) in [6.07, 6.45) is 3.77. The van der Waals surface area contributed by atoms with Gasteiger partial charge in [-0.05, 0) is 38.0 Å². The molecule has 0 saturated heterocycles. The van der Waals surface area contributed by atoms with E-state index >= 15 is 0 Å². The van der Waals surface area contributed by atoms with Crippen molar-refractivity contribution in [2.45, 2.75) is 52.1 Å². The number of hydrogen-bond acceptors (Lipinski definition) is 3. The molecule has 1 atom stereocenters. The van der Waals surface area contributed by atoms with E-state index < -0.39 is 0 Å². The Hall–Kier alpha value is -2.17. The normalized spacial score (nSPS) is 14.8. The fraction of sp³-hybridized carbons (Fsp3) is 0.471. The Morgan fingerprint density at radius 3 is 3.05 bits per heavy atom. The predicted molar refractivity (Wildman–Crippen MR) is 86.2 cm³/mol. The molecule has 0 fully saturated rings. The second-order valence-corrected chi connectivity index (χ2v) is 5.98. The van der Waals surface area contributed by atoms with Crippen LogP contribution in [0.5, 0.6) is 0 Å². The molecule has 5 nitrogen and oxygen atoms in total. The molecule has 22 heavy (non-hydrogen) atoms. The van der Waals surface area contributed by atoms with Crippen molar-refractivity contribution in [2.24, 2.45) is 0 Å². The summed E-state index contributed by atoms with van der Waals surface area (Å²) in [6.45, 7) is 4.84. The van der Waals surface area contributed by atoms with Gasteiger partial charge in [-0.2, -0.15) is 0 Å². The van der Waals surface area contributed by atoms with Crippen molar-refractivity contribution in [1.82, 2.24) is 14.9 Å². The zero-order valence-electron chi connectivity index (χ0n) is 13.1. The fourth-order valence-corrected chi connectivity index (χ4v) is 3.04. The molecule has 5 heteroatoms. The Morgan fingerprint density at radius 1 is 1.45 bits per heavy atom. The lowest BCUT2D eigenvalue weighted by molar-refractivity contribution is 0.0938. The highest BCUT2D eigenvalue weighted by molar-refractivity contribution is 5.97. The Kier molecular flexibility index (Phi) is 3.96. The number of carbonyl (C=O) groups is 1. The Bertz CT molecular complexity index is 779. The smallest absolute Gasteiger partial charge is 0.261 e. The molecule has 0 unspecified atom stereocenters. The van der Waals surface area contributed by atoms with E-state index in [-0.39, 0.29) is 17.5 Å². The SMILES string of the molecule is CCC[C@@H](C)NC(=O)c1ccc2c(=O)n3c(nc2c1)CCC3. The largest absolute Gasteiger partial charge is 0.350 e. The van der Waals surface area contributed by atoms with Gasteiger partial charge in [0.2, 0.25) is 0 Å². The minimum atomic E-state index is -0.106. The Morgan fingerprint density at radius 2 is 2.27 bits per heavy atom. The van der Waals surface area contributed by atoms with Gasteiger partial charge in [0, 0.05) is 24.6 Å². The third kappa shape index (κ3) is 2.63. The second kappa shape index (κ2) is 5.91. The minimum Gasteiger partial charge on any atom is -0.350 e. The number of aromatic nitrogens is 2. The summed E-state index contributed by atoms with van der Waals surface area (Å²) in [6, 6.07) is 5.30.